The molecular weight excluding hydrogens is 598 g/mol. The van der Waals surface area contributed by atoms with Crippen molar-refractivity contribution in [3.63, 3.8) is 0 Å². The van der Waals surface area contributed by atoms with Crippen LogP contribution >= 0.6 is 11.8 Å². The summed E-state index contributed by atoms with van der Waals surface area (Å²) < 4.78 is 15.0. The van der Waals surface area contributed by atoms with Crippen LogP contribution in [0, 0.1) is 0 Å². The standard InChI is InChI=1S/C37H33N3O5S/c1-39-18-17-38-37(39)46-23-30-20-33(27-11-9-24(22-41)10-12-27)45-36(44-30)28-15-13-26(14-16-28)29-6-4-5-25(19-29)21-40-34(42)31-7-2-3-8-32(31)35(40)43/h2-19,30,33,36,41H,20-23H2,1H3. The molecule has 9 heteroatoms. The number of amides is 2. The highest BCUT2D eigenvalue weighted by molar-refractivity contribution is 7.99. The fourth-order valence-corrected chi connectivity index (χ4v) is 6.88. The van der Waals surface area contributed by atoms with E-state index >= 15 is 0 Å². The second-order valence-electron chi connectivity index (χ2n) is 11.5. The molecule has 0 saturated carbocycles. The summed E-state index contributed by atoms with van der Waals surface area (Å²) in [4.78, 5) is 31.6. The molecule has 46 heavy (non-hydrogen) atoms. The van der Waals surface area contributed by atoms with E-state index in [1.165, 1.54) is 4.90 Å². The van der Waals surface area contributed by atoms with E-state index in [1.807, 2.05) is 90.6 Å². The zero-order valence-corrected chi connectivity index (χ0v) is 26.1. The van der Waals surface area contributed by atoms with E-state index in [1.54, 1.807) is 42.2 Å². The maximum absolute atomic E-state index is 12.9. The smallest absolute Gasteiger partial charge is 0.261 e. The molecule has 3 unspecified atom stereocenters. The highest BCUT2D eigenvalue weighted by Crippen LogP contribution is 2.40. The molecule has 5 aromatic rings. The number of aryl methyl sites for hydroxylation is 1. The number of aliphatic hydroxyl groups is 1. The van der Waals surface area contributed by atoms with Crippen molar-refractivity contribution >= 4 is 23.6 Å². The number of imidazole rings is 1. The molecule has 1 N–H and O–H groups in total. The van der Waals surface area contributed by atoms with E-state index in [0.717, 1.165) is 44.3 Å². The molecule has 8 nitrogen and oxygen atoms in total. The Bertz CT molecular complexity index is 1840. The van der Waals surface area contributed by atoms with Gasteiger partial charge in [-0.1, -0.05) is 90.6 Å². The first-order valence-electron chi connectivity index (χ1n) is 15.2. The molecule has 0 bridgehead atoms. The number of imide groups is 1. The van der Waals surface area contributed by atoms with Gasteiger partial charge in [0.2, 0.25) is 0 Å². The third kappa shape index (κ3) is 6.15. The van der Waals surface area contributed by atoms with Crippen molar-refractivity contribution in [2.75, 3.05) is 5.75 Å². The molecule has 3 atom stereocenters. The second-order valence-corrected chi connectivity index (χ2v) is 12.5. The first-order chi connectivity index (χ1) is 22.5. The van der Waals surface area contributed by atoms with Crippen LogP contribution in [0.3, 0.4) is 0 Å². The van der Waals surface area contributed by atoms with Gasteiger partial charge in [-0.15, -0.1) is 0 Å². The van der Waals surface area contributed by atoms with Crippen LogP contribution in [-0.4, -0.2) is 43.2 Å². The van der Waals surface area contributed by atoms with Crippen LogP contribution in [0.2, 0.25) is 0 Å². The predicted octanol–water partition coefficient (Wildman–Crippen LogP) is 6.71. The van der Waals surface area contributed by atoms with Crippen molar-refractivity contribution in [1.82, 2.24) is 14.5 Å². The maximum atomic E-state index is 12.9. The SMILES string of the molecule is Cn1ccnc1SCC1CC(c2ccc(CO)cc2)OC(c2ccc(-c3cccc(CN4C(=O)c5ccccc5C4=O)c3)cc2)O1. The molecule has 2 amide bonds. The summed E-state index contributed by atoms with van der Waals surface area (Å²) in [6, 6.07) is 30.9. The Balaban J connectivity index is 1.08. The second kappa shape index (κ2) is 13.1. The van der Waals surface area contributed by atoms with E-state index in [9.17, 15) is 14.7 Å². The number of ether oxygens (including phenoxy) is 2. The van der Waals surface area contributed by atoms with Gasteiger partial charge >= 0.3 is 0 Å². The Hall–Kier alpha value is -4.54. The van der Waals surface area contributed by atoms with Gasteiger partial charge in [0, 0.05) is 37.2 Å². The number of carbonyl (C=O) groups is 2. The van der Waals surface area contributed by atoms with Crippen molar-refractivity contribution in [1.29, 1.82) is 0 Å². The van der Waals surface area contributed by atoms with Gasteiger partial charge in [-0.2, -0.15) is 0 Å². The van der Waals surface area contributed by atoms with Crippen molar-refractivity contribution in [3.05, 3.63) is 143 Å². The van der Waals surface area contributed by atoms with Gasteiger partial charge in [0.1, 0.15) is 0 Å². The molecule has 3 heterocycles. The zero-order chi connectivity index (χ0) is 31.6. The Morgan fingerprint density at radius 2 is 1.54 bits per heavy atom. The third-order valence-electron chi connectivity index (χ3n) is 8.45. The Labute approximate surface area is 271 Å². The van der Waals surface area contributed by atoms with Gasteiger partial charge in [0.25, 0.3) is 11.8 Å². The lowest BCUT2D eigenvalue weighted by atomic mass is 9.99. The van der Waals surface area contributed by atoms with Crippen molar-refractivity contribution < 1.29 is 24.2 Å². The number of thioether (sulfide) groups is 1. The lowest BCUT2D eigenvalue weighted by Crippen LogP contribution is -2.31. The highest BCUT2D eigenvalue weighted by Gasteiger charge is 2.35. The van der Waals surface area contributed by atoms with Crippen LogP contribution < -0.4 is 0 Å². The van der Waals surface area contributed by atoms with Gasteiger partial charge in [-0.05, 0) is 46.0 Å². The van der Waals surface area contributed by atoms with Crippen LogP contribution in [0.5, 0.6) is 0 Å². The maximum Gasteiger partial charge on any atom is 0.261 e. The van der Waals surface area contributed by atoms with E-state index < -0.39 is 6.29 Å². The van der Waals surface area contributed by atoms with E-state index in [2.05, 4.69) is 4.98 Å². The largest absolute Gasteiger partial charge is 0.392 e. The highest BCUT2D eigenvalue weighted by atomic mass is 32.2. The van der Waals surface area contributed by atoms with E-state index in [-0.39, 0.29) is 37.2 Å². The van der Waals surface area contributed by atoms with Gasteiger partial charge in [0.05, 0.1) is 36.5 Å². The van der Waals surface area contributed by atoms with Crippen molar-refractivity contribution in [2.24, 2.45) is 7.05 Å². The van der Waals surface area contributed by atoms with Crippen molar-refractivity contribution in [2.45, 2.75) is 43.2 Å². The summed E-state index contributed by atoms with van der Waals surface area (Å²) in [6.07, 6.45) is 3.63. The number of hydrogen-bond donors (Lipinski definition) is 1. The monoisotopic (exact) mass is 631 g/mol. The number of aromatic nitrogens is 2. The predicted molar refractivity (Wildman–Crippen MR) is 175 cm³/mol. The zero-order valence-electron chi connectivity index (χ0n) is 25.3. The normalized spacial score (nSPS) is 19.4. The minimum absolute atomic E-state index is 0.00149. The number of aliphatic hydroxyl groups excluding tert-OH is 1. The molecule has 0 spiro atoms. The molecule has 0 aliphatic carbocycles. The molecule has 1 fully saturated rings. The number of hydrogen-bond acceptors (Lipinski definition) is 7. The van der Waals surface area contributed by atoms with Crippen LogP contribution in [0.25, 0.3) is 11.1 Å². The summed E-state index contributed by atoms with van der Waals surface area (Å²) in [5, 5.41) is 10.4. The van der Waals surface area contributed by atoms with E-state index in [0.29, 0.717) is 17.5 Å². The minimum Gasteiger partial charge on any atom is -0.392 e. The topological polar surface area (TPSA) is 93.9 Å². The molecule has 2 aliphatic rings. The number of fused-ring (bicyclic) bond motifs is 1. The van der Waals surface area contributed by atoms with E-state index in [4.69, 9.17) is 9.47 Å². The van der Waals surface area contributed by atoms with Gasteiger partial charge in [0.15, 0.2) is 11.4 Å². The van der Waals surface area contributed by atoms with Crippen LogP contribution in [0.4, 0.5) is 0 Å². The number of benzene rings is 4. The Morgan fingerprint density at radius 1 is 0.826 bits per heavy atom. The van der Waals surface area contributed by atoms with Gasteiger partial charge in [-0.3, -0.25) is 14.5 Å². The van der Waals surface area contributed by atoms with Crippen molar-refractivity contribution in [3.8, 4) is 11.1 Å². The molecule has 7 rings (SSSR count). The van der Waals surface area contributed by atoms with Gasteiger partial charge < -0.3 is 19.1 Å². The number of carbonyl (C=O) groups excluding carboxylic acids is 2. The van der Waals surface area contributed by atoms with Crippen LogP contribution in [0.15, 0.2) is 115 Å². The average molecular weight is 632 g/mol. The molecule has 1 aromatic heterocycles. The first-order valence-corrected chi connectivity index (χ1v) is 16.2. The lowest BCUT2D eigenvalue weighted by molar-refractivity contribution is -0.245. The average Bonchev–Trinajstić information content (AvgIpc) is 3.63. The fraction of sp³-hybridized carbons (Fsp3) is 0.216. The molecule has 232 valence electrons. The summed E-state index contributed by atoms with van der Waals surface area (Å²) in [5.41, 5.74) is 6.58. The minimum atomic E-state index is -0.558. The molecule has 1 saturated heterocycles. The lowest BCUT2D eigenvalue weighted by Gasteiger charge is -2.36. The quantitative estimate of drug-likeness (QED) is 0.143. The summed E-state index contributed by atoms with van der Waals surface area (Å²) in [7, 11) is 1.98. The Kier molecular flexibility index (Phi) is 8.55. The molecule has 2 aliphatic heterocycles. The summed E-state index contributed by atoms with van der Waals surface area (Å²) in [5.74, 6) is 0.206. The third-order valence-corrected chi connectivity index (χ3v) is 9.64. The number of nitrogens with zero attached hydrogens (tertiary/aromatic N) is 3. The fourth-order valence-electron chi connectivity index (χ4n) is 5.93. The van der Waals surface area contributed by atoms with Gasteiger partial charge in [-0.25, -0.2) is 4.98 Å². The molecular formula is C37H33N3O5S. The van der Waals surface area contributed by atoms with Crippen LogP contribution in [0.1, 0.15) is 61.8 Å². The number of rotatable bonds is 9. The summed E-state index contributed by atoms with van der Waals surface area (Å²) in [6.45, 7) is 0.207. The molecule has 0 radical (unpaired) electrons. The summed E-state index contributed by atoms with van der Waals surface area (Å²) >= 11 is 1.66. The molecule has 4 aromatic carbocycles. The van der Waals surface area contributed by atoms with Crippen LogP contribution in [-0.2, 0) is 29.7 Å². The Morgan fingerprint density at radius 3 is 2.22 bits per heavy atom. The first kappa shape index (κ1) is 30.1.